The average molecular weight is 300 g/mol. The molecular weight excluding hydrogens is 276 g/mol. The molecule has 0 radical (unpaired) electrons. The Bertz CT molecular complexity index is 503. The van der Waals surface area contributed by atoms with Crippen molar-refractivity contribution in [2.24, 2.45) is 0 Å². The maximum atomic E-state index is 4.23. The molecule has 0 amide bonds. The van der Waals surface area contributed by atoms with Crippen molar-refractivity contribution < 1.29 is 0 Å². The van der Waals surface area contributed by atoms with Gasteiger partial charge in [0.25, 0.3) is 0 Å². The Morgan fingerprint density at radius 1 is 1.14 bits per heavy atom. The van der Waals surface area contributed by atoms with Gasteiger partial charge >= 0.3 is 0 Å². The van der Waals surface area contributed by atoms with E-state index in [1.54, 1.807) is 0 Å². The summed E-state index contributed by atoms with van der Waals surface area (Å²) in [4.78, 5) is 4.23. The summed E-state index contributed by atoms with van der Waals surface area (Å²) in [5.41, 5.74) is 1.42. The first-order valence-electron chi connectivity index (χ1n) is 8.05. The molecule has 2 aromatic rings. The number of hydrogen-bond acceptors (Lipinski definition) is 2. The first kappa shape index (κ1) is 14.7. The zero-order valence-electron chi connectivity index (χ0n) is 12.5. The van der Waals surface area contributed by atoms with Crippen LogP contribution in [-0.4, -0.2) is 20.6 Å². The Balaban J connectivity index is 1.62. The number of rotatable bonds is 6. The van der Waals surface area contributed by atoms with Crippen LogP contribution in [0.2, 0.25) is 0 Å². The number of thioether (sulfide) groups is 1. The molecule has 1 aromatic heterocycles. The second-order valence-electron chi connectivity index (χ2n) is 5.95. The highest BCUT2D eigenvalue weighted by atomic mass is 32.2. The van der Waals surface area contributed by atoms with Crippen LogP contribution in [0.5, 0.6) is 0 Å². The Hall–Kier alpha value is -1.22. The van der Waals surface area contributed by atoms with Crippen LogP contribution < -0.4 is 0 Å². The molecule has 0 saturated heterocycles. The van der Waals surface area contributed by atoms with E-state index in [2.05, 4.69) is 57.8 Å². The van der Waals surface area contributed by atoms with E-state index in [0.29, 0.717) is 6.04 Å². The quantitative estimate of drug-likeness (QED) is 0.767. The van der Waals surface area contributed by atoms with Crippen molar-refractivity contribution >= 4 is 11.8 Å². The summed E-state index contributed by atoms with van der Waals surface area (Å²) in [6.45, 7) is 0. The Morgan fingerprint density at radius 3 is 2.67 bits per heavy atom. The Kier molecular flexibility index (Phi) is 5.39. The lowest BCUT2D eigenvalue weighted by molar-refractivity contribution is 0.510. The van der Waals surface area contributed by atoms with Crippen LogP contribution in [-0.2, 0) is 6.42 Å². The largest absolute Gasteiger partial charge is 0.333 e. The molecule has 2 nitrogen and oxygen atoms in total. The van der Waals surface area contributed by atoms with E-state index >= 15 is 0 Å². The third-order valence-corrected chi connectivity index (χ3v) is 5.86. The van der Waals surface area contributed by atoms with Gasteiger partial charge in [0.1, 0.15) is 0 Å². The Morgan fingerprint density at radius 2 is 1.95 bits per heavy atom. The SMILES string of the molecule is c1ccc(CC(CSC2CCCCC2)n2ccnc2)cc1. The van der Waals surface area contributed by atoms with E-state index < -0.39 is 0 Å². The van der Waals surface area contributed by atoms with Crippen LogP contribution in [0.4, 0.5) is 0 Å². The van der Waals surface area contributed by atoms with E-state index in [9.17, 15) is 0 Å². The lowest BCUT2D eigenvalue weighted by Crippen LogP contribution is -2.17. The minimum atomic E-state index is 0.516. The van der Waals surface area contributed by atoms with Gasteiger partial charge in [-0.15, -0.1) is 0 Å². The van der Waals surface area contributed by atoms with E-state index in [4.69, 9.17) is 0 Å². The molecule has 1 fully saturated rings. The molecule has 0 aliphatic heterocycles. The molecule has 1 aliphatic carbocycles. The van der Waals surface area contributed by atoms with Crippen LogP contribution in [0.15, 0.2) is 49.1 Å². The Labute approximate surface area is 132 Å². The van der Waals surface area contributed by atoms with Crippen LogP contribution in [0.3, 0.4) is 0 Å². The summed E-state index contributed by atoms with van der Waals surface area (Å²) in [6, 6.07) is 11.3. The standard InChI is InChI=1S/C18H24N2S/c1-3-7-16(8-4-1)13-17(20-12-11-19-15-20)14-21-18-9-5-2-6-10-18/h1,3-4,7-8,11-12,15,17-18H,2,5-6,9-10,13-14H2. The zero-order valence-corrected chi connectivity index (χ0v) is 13.3. The third kappa shape index (κ3) is 4.37. The minimum absolute atomic E-state index is 0.516. The second kappa shape index (κ2) is 7.69. The summed E-state index contributed by atoms with van der Waals surface area (Å²) in [7, 11) is 0. The van der Waals surface area contributed by atoms with Gasteiger partial charge in [-0.25, -0.2) is 4.98 Å². The lowest BCUT2D eigenvalue weighted by atomic mass is 10.0. The third-order valence-electron chi connectivity index (χ3n) is 4.34. The van der Waals surface area contributed by atoms with Gasteiger partial charge < -0.3 is 4.57 Å². The predicted molar refractivity (Wildman–Crippen MR) is 90.7 cm³/mol. The molecule has 0 N–H and O–H groups in total. The van der Waals surface area contributed by atoms with Crippen molar-refractivity contribution in [3.63, 3.8) is 0 Å². The van der Waals surface area contributed by atoms with Gasteiger partial charge in [-0.2, -0.15) is 11.8 Å². The summed E-state index contributed by atoms with van der Waals surface area (Å²) in [6.07, 6.45) is 14.2. The number of nitrogens with zero attached hydrogens (tertiary/aromatic N) is 2. The van der Waals surface area contributed by atoms with Crippen LogP contribution in [0.1, 0.15) is 43.7 Å². The van der Waals surface area contributed by atoms with E-state index in [-0.39, 0.29) is 0 Å². The molecule has 0 bridgehead atoms. The molecule has 112 valence electrons. The maximum Gasteiger partial charge on any atom is 0.0948 e. The molecule has 1 heterocycles. The molecule has 1 unspecified atom stereocenters. The fourth-order valence-corrected chi connectivity index (χ4v) is 4.55. The summed E-state index contributed by atoms with van der Waals surface area (Å²) in [5, 5.41) is 0.876. The molecule has 3 rings (SSSR count). The zero-order chi connectivity index (χ0) is 14.3. The van der Waals surface area contributed by atoms with Crippen LogP contribution in [0, 0.1) is 0 Å². The summed E-state index contributed by atoms with van der Waals surface area (Å²) >= 11 is 2.17. The highest BCUT2D eigenvalue weighted by molar-refractivity contribution is 7.99. The maximum absolute atomic E-state index is 4.23. The van der Waals surface area contributed by atoms with Crippen molar-refractivity contribution in [2.45, 2.75) is 49.8 Å². The van der Waals surface area contributed by atoms with Crippen LogP contribution in [0.25, 0.3) is 0 Å². The van der Waals surface area contributed by atoms with Crippen molar-refractivity contribution in [3.8, 4) is 0 Å². The highest BCUT2D eigenvalue weighted by Crippen LogP contribution is 2.31. The molecule has 1 atom stereocenters. The predicted octanol–water partition coefficient (Wildman–Crippen LogP) is 4.73. The lowest BCUT2D eigenvalue weighted by Gasteiger charge is -2.24. The topological polar surface area (TPSA) is 17.8 Å². The van der Waals surface area contributed by atoms with Gasteiger partial charge in [0.15, 0.2) is 0 Å². The van der Waals surface area contributed by atoms with Gasteiger partial charge in [0.05, 0.1) is 6.33 Å². The fourth-order valence-electron chi connectivity index (χ4n) is 3.10. The first-order chi connectivity index (χ1) is 10.4. The number of aromatic nitrogens is 2. The van der Waals surface area contributed by atoms with Crippen LogP contribution >= 0.6 is 11.8 Å². The molecule has 0 spiro atoms. The van der Waals surface area contributed by atoms with Gasteiger partial charge in [0.2, 0.25) is 0 Å². The molecule has 1 aromatic carbocycles. The van der Waals surface area contributed by atoms with Crippen molar-refractivity contribution in [2.75, 3.05) is 5.75 Å². The molecule has 3 heteroatoms. The highest BCUT2D eigenvalue weighted by Gasteiger charge is 2.18. The van der Waals surface area contributed by atoms with Gasteiger partial charge in [0, 0.05) is 29.4 Å². The van der Waals surface area contributed by atoms with E-state index in [0.717, 1.165) is 11.7 Å². The minimum Gasteiger partial charge on any atom is -0.333 e. The van der Waals surface area contributed by atoms with E-state index in [1.807, 2.05) is 12.5 Å². The molecule has 1 aliphatic rings. The molecular formula is C18H24N2S. The molecule has 1 saturated carbocycles. The van der Waals surface area contributed by atoms with Gasteiger partial charge in [-0.3, -0.25) is 0 Å². The average Bonchev–Trinajstić information content (AvgIpc) is 3.08. The summed E-state index contributed by atoms with van der Waals surface area (Å²) in [5.74, 6) is 1.19. The van der Waals surface area contributed by atoms with Crippen molar-refractivity contribution in [1.29, 1.82) is 0 Å². The fraction of sp³-hybridized carbons (Fsp3) is 0.500. The van der Waals surface area contributed by atoms with Gasteiger partial charge in [-0.1, -0.05) is 49.6 Å². The number of imidazole rings is 1. The second-order valence-corrected chi connectivity index (χ2v) is 7.28. The number of benzene rings is 1. The van der Waals surface area contributed by atoms with Crippen molar-refractivity contribution in [3.05, 3.63) is 54.6 Å². The first-order valence-corrected chi connectivity index (χ1v) is 9.09. The normalized spacial score (nSPS) is 17.7. The smallest absolute Gasteiger partial charge is 0.0948 e. The molecule has 21 heavy (non-hydrogen) atoms. The van der Waals surface area contributed by atoms with Gasteiger partial charge in [-0.05, 0) is 24.8 Å². The van der Waals surface area contributed by atoms with Crippen molar-refractivity contribution in [1.82, 2.24) is 9.55 Å². The monoisotopic (exact) mass is 300 g/mol. The summed E-state index contributed by atoms with van der Waals surface area (Å²) < 4.78 is 2.28. The van der Waals surface area contributed by atoms with E-state index in [1.165, 1.54) is 43.4 Å². The number of hydrogen-bond donors (Lipinski definition) is 0.